The number of hydrogen-bond acceptors (Lipinski definition) is 5. The van der Waals surface area contributed by atoms with Crippen molar-refractivity contribution in [2.45, 2.75) is 19.6 Å². The number of nitrogens with zero attached hydrogens (tertiary/aromatic N) is 4. The van der Waals surface area contributed by atoms with Crippen LogP contribution < -0.4 is 5.32 Å². The number of ether oxygens (including phenoxy) is 1. The van der Waals surface area contributed by atoms with Gasteiger partial charge in [-0.25, -0.2) is 9.59 Å². The van der Waals surface area contributed by atoms with Gasteiger partial charge in [-0.15, -0.1) is 0 Å². The average Bonchev–Trinajstić information content (AvgIpc) is 2.90. The van der Waals surface area contributed by atoms with Gasteiger partial charge in [0.25, 0.3) is 0 Å². The zero-order valence-electron chi connectivity index (χ0n) is 20.5. The van der Waals surface area contributed by atoms with Gasteiger partial charge in [-0.05, 0) is 30.3 Å². The molecule has 0 aromatic heterocycles. The summed E-state index contributed by atoms with van der Waals surface area (Å²) < 4.78 is 5.65. The number of halogens is 2. The van der Waals surface area contributed by atoms with Crippen molar-refractivity contribution in [3.05, 3.63) is 64.1 Å². The quantitative estimate of drug-likeness (QED) is 0.592. The Labute approximate surface area is 222 Å². The van der Waals surface area contributed by atoms with Crippen molar-refractivity contribution in [2.75, 3.05) is 64.2 Å². The van der Waals surface area contributed by atoms with Crippen LogP contribution in [0.4, 0.5) is 15.3 Å². The maximum absolute atomic E-state index is 13.0. The van der Waals surface area contributed by atoms with E-state index in [1.165, 1.54) is 0 Å². The standard InChI is InChI=1S/C26H33Cl2N5O3/c1-2-30-12-15-33(26(35)36-19-20-6-4-3-5-7-20)22(17-30)18-31-10-13-32(14-11-31)25(34)29-21-8-9-23(27)24(28)16-21/h3-9,16,22H,2,10-15,17-19H2,1H3,(H,29,34). The maximum Gasteiger partial charge on any atom is 0.410 e. The summed E-state index contributed by atoms with van der Waals surface area (Å²) in [7, 11) is 0. The smallest absolute Gasteiger partial charge is 0.410 e. The summed E-state index contributed by atoms with van der Waals surface area (Å²) in [6.45, 7) is 9.12. The molecule has 8 nitrogen and oxygen atoms in total. The lowest BCUT2D eigenvalue weighted by Gasteiger charge is -2.44. The Morgan fingerprint density at radius 1 is 0.944 bits per heavy atom. The van der Waals surface area contributed by atoms with Crippen LogP contribution in [0.15, 0.2) is 48.5 Å². The Bertz CT molecular complexity index is 1030. The van der Waals surface area contributed by atoms with E-state index in [1.54, 1.807) is 23.1 Å². The van der Waals surface area contributed by atoms with Crippen LogP contribution >= 0.6 is 23.2 Å². The van der Waals surface area contributed by atoms with E-state index in [0.717, 1.165) is 44.8 Å². The highest BCUT2D eigenvalue weighted by Crippen LogP contribution is 2.25. The third kappa shape index (κ3) is 7.03. The van der Waals surface area contributed by atoms with Crippen LogP contribution in [-0.4, -0.2) is 96.7 Å². The molecule has 2 aromatic rings. The molecule has 1 unspecified atom stereocenters. The number of benzene rings is 2. The Hall–Kier alpha value is -2.52. The first-order valence-electron chi connectivity index (χ1n) is 12.4. The molecule has 36 heavy (non-hydrogen) atoms. The average molecular weight is 534 g/mol. The molecule has 0 saturated carbocycles. The van der Waals surface area contributed by atoms with Gasteiger partial charge in [0.05, 0.1) is 16.1 Å². The van der Waals surface area contributed by atoms with Gasteiger partial charge >= 0.3 is 12.1 Å². The van der Waals surface area contributed by atoms with Crippen LogP contribution in [-0.2, 0) is 11.3 Å². The first-order valence-corrected chi connectivity index (χ1v) is 13.1. The van der Waals surface area contributed by atoms with Gasteiger partial charge in [0, 0.05) is 58.0 Å². The monoisotopic (exact) mass is 533 g/mol. The topological polar surface area (TPSA) is 68.4 Å². The van der Waals surface area contributed by atoms with Crippen molar-refractivity contribution in [1.29, 1.82) is 0 Å². The number of carbonyl (C=O) groups is 2. The van der Waals surface area contributed by atoms with Crippen molar-refractivity contribution < 1.29 is 14.3 Å². The second-order valence-electron chi connectivity index (χ2n) is 9.13. The third-order valence-electron chi connectivity index (χ3n) is 6.75. The predicted octanol–water partition coefficient (Wildman–Crippen LogP) is 4.49. The van der Waals surface area contributed by atoms with Crippen LogP contribution in [0, 0.1) is 0 Å². The van der Waals surface area contributed by atoms with Crippen molar-refractivity contribution in [2.24, 2.45) is 0 Å². The fourth-order valence-corrected chi connectivity index (χ4v) is 4.91. The Balaban J connectivity index is 1.29. The molecular weight excluding hydrogens is 501 g/mol. The first-order chi connectivity index (χ1) is 17.4. The highest BCUT2D eigenvalue weighted by Gasteiger charge is 2.33. The lowest BCUT2D eigenvalue weighted by molar-refractivity contribution is 0.0266. The summed E-state index contributed by atoms with van der Waals surface area (Å²) in [5, 5.41) is 3.74. The van der Waals surface area contributed by atoms with Gasteiger partial charge < -0.3 is 19.9 Å². The molecule has 0 bridgehead atoms. The Kier molecular flexibility index (Phi) is 9.31. The number of urea groups is 1. The van der Waals surface area contributed by atoms with E-state index >= 15 is 0 Å². The molecule has 194 valence electrons. The molecule has 1 atom stereocenters. The molecular formula is C26H33Cl2N5O3. The largest absolute Gasteiger partial charge is 0.445 e. The third-order valence-corrected chi connectivity index (χ3v) is 7.49. The summed E-state index contributed by atoms with van der Waals surface area (Å²) in [6.07, 6.45) is -0.265. The number of likely N-dealkylation sites (N-methyl/N-ethyl adjacent to an activating group) is 1. The Morgan fingerprint density at radius 2 is 1.67 bits per heavy atom. The van der Waals surface area contributed by atoms with Gasteiger partial charge in [-0.1, -0.05) is 60.5 Å². The van der Waals surface area contributed by atoms with Crippen molar-refractivity contribution in [3.63, 3.8) is 0 Å². The molecule has 2 aromatic carbocycles. The number of rotatable bonds is 6. The molecule has 3 amide bonds. The van der Waals surface area contributed by atoms with E-state index < -0.39 is 0 Å². The van der Waals surface area contributed by atoms with Crippen LogP contribution in [0.2, 0.25) is 10.0 Å². The van der Waals surface area contributed by atoms with Crippen LogP contribution in [0.25, 0.3) is 0 Å². The lowest BCUT2D eigenvalue weighted by Crippen LogP contribution is -2.60. The van der Waals surface area contributed by atoms with Gasteiger partial charge in [-0.2, -0.15) is 0 Å². The van der Waals surface area contributed by atoms with E-state index in [0.29, 0.717) is 35.4 Å². The second kappa shape index (κ2) is 12.6. The van der Waals surface area contributed by atoms with Crippen molar-refractivity contribution in [1.82, 2.24) is 19.6 Å². The molecule has 4 rings (SSSR count). The van der Waals surface area contributed by atoms with Crippen molar-refractivity contribution >= 4 is 41.0 Å². The minimum atomic E-state index is -0.265. The normalized spacial score (nSPS) is 19.2. The van der Waals surface area contributed by atoms with Gasteiger partial charge in [0.2, 0.25) is 0 Å². The van der Waals surface area contributed by atoms with E-state index in [4.69, 9.17) is 27.9 Å². The molecule has 0 radical (unpaired) electrons. The summed E-state index contributed by atoms with van der Waals surface area (Å²) in [5.41, 5.74) is 1.59. The number of piperazine rings is 2. The van der Waals surface area contributed by atoms with Gasteiger partial charge in [0.1, 0.15) is 6.61 Å². The minimum absolute atomic E-state index is 0.0403. The van der Waals surface area contributed by atoms with Crippen LogP contribution in [0.3, 0.4) is 0 Å². The SMILES string of the molecule is CCN1CCN(C(=O)OCc2ccccc2)C(CN2CCN(C(=O)Nc3ccc(Cl)c(Cl)c3)CC2)C1. The number of carbonyl (C=O) groups excluding carboxylic acids is 2. The molecule has 0 spiro atoms. The van der Waals surface area contributed by atoms with E-state index in [1.807, 2.05) is 35.2 Å². The predicted molar refractivity (Wildman–Crippen MR) is 143 cm³/mol. The number of amides is 3. The van der Waals surface area contributed by atoms with Gasteiger partial charge in [-0.3, -0.25) is 9.80 Å². The molecule has 2 fully saturated rings. The molecule has 2 heterocycles. The maximum atomic E-state index is 13.0. The van der Waals surface area contributed by atoms with Crippen LogP contribution in [0.1, 0.15) is 12.5 Å². The molecule has 1 N–H and O–H groups in total. The summed E-state index contributed by atoms with van der Waals surface area (Å²) in [5.74, 6) is 0. The molecule has 2 aliphatic rings. The van der Waals surface area contributed by atoms with E-state index in [-0.39, 0.29) is 24.8 Å². The minimum Gasteiger partial charge on any atom is -0.445 e. The second-order valence-corrected chi connectivity index (χ2v) is 9.94. The Morgan fingerprint density at radius 3 is 2.36 bits per heavy atom. The molecule has 0 aliphatic carbocycles. The number of nitrogens with one attached hydrogen (secondary N) is 1. The van der Waals surface area contributed by atoms with E-state index in [2.05, 4.69) is 22.0 Å². The summed E-state index contributed by atoms with van der Waals surface area (Å²) >= 11 is 12.0. The van der Waals surface area contributed by atoms with E-state index in [9.17, 15) is 9.59 Å². The first kappa shape index (κ1) is 26.5. The van der Waals surface area contributed by atoms with Crippen LogP contribution in [0.5, 0.6) is 0 Å². The summed E-state index contributed by atoms with van der Waals surface area (Å²) in [6, 6.07) is 14.7. The molecule has 10 heteroatoms. The fourth-order valence-electron chi connectivity index (χ4n) is 4.61. The highest BCUT2D eigenvalue weighted by molar-refractivity contribution is 6.42. The molecule has 2 saturated heterocycles. The lowest BCUT2D eigenvalue weighted by atomic mass is 10.1. The number of hydrogen-bond donors (Lipinski definition) is 1. The number of anilines is 1. The van der Waals surface area contributed by atoms with Gasteiger partial charge in [0.15, 0.2) is 0 Å². The zero-order valence-corrected chi connectivity index (χ0v) is 22.0. The summed E-state index contributed by atoms with van der Waals surface area (Å²) in [4.78, 5) is 34.0. The zero-order chi connectivity index (χ0) is 25.5. The fraction of sp³-hybridized carbons (Fsp3) is 0.462. The highest BCUT2D eigenvalue weighted by atomic mass is 35.5. The molecule has 2 aliphatic heterocycles. The van der Waals surface area contributed by atoms with Crippen molar-refractivity contribution in [3.8, 4) is 0 Å².